The molecule has 20 heavy (non-hydrogen) atoms. The lowest BCUT2D eigenvalue weighted by molar-refractivity contribution is 0.190. The van der Waals surface area contributed by atoms with Gasteiger partial charge in [0.15, 0.2) is 0 Å². The van der Waals surface area contributed by atoms with Crippen molar-refractivity contribution < 1.29 is 4.74 Å². The van der Waals surface area contributed by atoms with Crippen LogP contribution in [-0.2, 0) is 0 Å². The molecule has 0 fully saturated rings. The maximum Gasteiger partial charge on any atom is 0.131 e. The molecule has 1 aliphatic rings. The van der Waals surface area contributed by atoms with Crippen LogP contribution in [0.2, 0.25) is 0 Å². The highest BCUT2D eigenvalue weighted by Gasteiger charge is 2.25. The smallest absolute Gasteiger partial charge is 0.131 e. The first kappa shape index (κ1) is 14.9. The summed E-state index contributed by atoms with van der Waals surface area (Å²) in [5.41, 5.74) is 3.72. The molecule has 0 spiro atoms. The average molecular weight is 290 g/mol. The van der Waals surface area contributed by atoms with Crippen molar-refractivity contribution >= 4 is 12.4 Å². The van der Waals surface area contributed by atoms with Crippen LogP contribution in [0.4, 0.5) is 0 Å². The summed E-state index contributed by atoms with van der Waals surface area (Å²) < 4.78 is 5.96. The standard InChI is InChI=1S/C17H19NO.ClH/c1-18(2)16-11-12-19-17-14(9-6-10-15(16)17)13-7-4-3-5-8-13;/h3-10,16H,11-12H2,1-2H3;1H. The van der Waals surface area contributed by atoms with Crippen LogP contribution in [0.1, 0.15) is 18.0 Å². The molecule has 3 heteroatoms. The molecule has 3 rings (SSSR count). The van der Waals surface area contributed by atoms with E-state index in [0.29, 0.717) is 6.04 Å². The topological polar surface area (TPSA) is 12.5 Å². The van der Waals surface area contributed by atoms with Gasteiger partial charge in [-0.15, -0.1) is 12.4 Å². The number of halogens is 1. The Morgan fingerprint density at radius 3 is 2.45 bits per heavy atom. The first-order chi connectivity index (χ1) is 9.27. The van der Waals surface area contributed by atoms with Crippen LogP contribution in [0.25, 0.3) is 11.1 Å². The highest BCUT2D eigenvalue weighted by Crippen LogP contribution is 2.41. The largest absolute Gasteiger partial charge is 0.493 e. The minimum absolute atomic E-state index is 0. The van der Waals surface area contributed by atoms with Gasteiger partial charge < -0.3 is 9.64 Å². The third-order valence-corrected chi connectivity index (χ3v) is 3.75. The molecule has 0 saturated carbocycles. The Bertz CT molecular complexity index is 568. The molecule has 0 radical (unpaired) electrons. The number of hydrogen-bond acceptors (Lipinski definition) is 2. The number of benzene rings is 2. The van der Waals surface area contributed by atoms with Crippen molar-refractivity contribution in [2.45, 2.75) is 12.5 Å². The van der Waals surface area contributed by atoms with E-state index in [4.69, 9.17) is 4.74 Å². The minimum Gasteiger partial charge on any atom is -0.493 e. The Balaban J connectivity index is 0.00000147. The first-order valence-electron chi connectivity index (χ1n) is 6.75. The van der Waals surface area contributed by atoms with E-state index in [0.717, 1.165) is 18.8 Å². The summed E-state index contributed by atoms with van der Waals surface area (Å²) in [5.74, 6) is 1.05. The third kappa shape index (κ3) is 2.67. The fourth-order valence-corrected chi connectivity index (χ4v) is 2.79. The number of fused-ring (bicyclic) bond motifs is 1. The number of rotatable bonds is 2. The van der Waals surface area contributed by atoms with Crippen LogP contribution in [0.15, 0.2) is 48.5 Å². The minimum atomic E-state index is 0. The predicted molar refractivity (Wildman–Crippen MR) is 85.7 cm³/mol. The van der Waals surface area contributed by atoms with Gasteiger partial charge in [-0.25, -0.2) is 0 Å². The number of ether oxygens (including phenoxy) is 1. The van der Waals surface area contributed by atoms with Crippen molar-refractivity contribution in [3.63, 3.8) is 0 Å². The molecule has 0 amide bonds. The second kappa shape index (κ2) is 6.29. The molecule has 1 heterocycles. The van der Waals surface area contributed by atoms with Crippen molar-refractivity contribution in [2.75, 3.05) is 20.7 Å². The van der Waals surface area contributed by atoms with Crippen LogP contribution in [0, 0.1) is 0 Å². The molecule has 0 N–H and O–H groups in total. The van der Waals surface area contributed by atoms with Gasteiger partial charge in [-0.3, -0.25) is 0 Å². The van der Waals surface area contributed by atoms with E-state index in [1.807, 2.05) is 6.07 Å². The third-order valence-electron chi connectivity index (χ3n) is 3.75. The molecule has 0 bridgehead atoms. The van der Waals surface area contributed by atoms with Gasteiger partial charge in [0.1, 0.15) is 5.75 Å². The fourth-order valence-electron chi connectivity index (χ4n) is 2.79. The quantitative estimate of drug-likeness (QED) is 0.823. The van der Waals surface area contributed by atoms with Gasteiger partial charge in [-0.2, -0.15) is 0 Å². The van der Waals surface area contributed by atoms with Crippen LogP contribution in [0.5, 0.6) is 5.75 Å². The fraction of sp³-hybridized carbons (Fsp3) is 0.294. The molecular formula is C17H20ClNO. The molecule has 0 saturated heterocycles. The Hall–Kier alpha value is -1.51. The van der Waals surface area contributed by atoms with E-state index in [1.165, 1.54) is 16.7 Å². The molecule has 106 valence electrons. The second-order valence-electron chi connectivity index (χ2n) is 5.21. The summed E-state index contributed by atoms with van der Waals surface area (Å²) in [6.45, 7) is 0.791. The van der Waals surface area contributed by atoms with E-state index in [2.05, 4.69) is 61.5 Å². The highest BCUT2D eigenvalue weighted by molar-refractivity contribution is 5.85. The maximum atomic E-state index is 5.96. The van der Waals surface area contributed by atoms with Gasteiger partial charge in [0, 0.05) is 23.6 Å². The normalized spacial score (nSPS) is 17.1. The summed E-state index contributed by atoms with van der Waals surface area (Å²) in [4.78, 5) is 2.27. The second-order valence-corrected chi connectivity index (χ2v) is 5.21. The SMILES string of the molecule is CN(C)C1CCOc2c(-c3ccccc3)cccc21.Cl. The molecule has 2 nitrogen and oxygen atoms in total. The van der Waals surface area contributed by atoms with Gasteiger partial charge >= 0.3 is 0 Å². The van der Waals surface area contributed by atoms with Gasteiger partial charge in [0.05, 0.1) is 6.61 Å². The summed E-state index contributed by atoms with van der Waals surface area (Å²) in [5, 5.41) is 0. The summed E-state index contributed by atoms with van der Waals surface area (Å²) in [7, 11) is 4.27. The Morgan fingerprint density at radius 2 is 1.75 bits per heavy atom. The first-order valence-corrected chi connectivity index (χ1v) is 6.75. The van der Waals surface area contributed by atoms with E-state index < -0.39 is 0 Å². The van der Waals surface area contributed by atoms with Gasteiger partial charge in [0.2, 0.25) is 0 Å². The lowest BCUT2D eigenvalue weighted by Crippen LogP contribution is -2.26. The van der Waals surface area contributed by atoms with E-state index in [1.54, 1.807) is 0 Å². The van der Waals surface area contributed by atoms with Crippen molar-refractivity contribution in [2.24, 2.45) is 0 Å². The summed E-state index contributed by atoms with van der Waals surface area (Å²) >= 11 is 0. The zero-order valence-corrected chi connectivity index (χ0v) is 12.7. The van der Waals surface area contributed by atoms with Crippen molar-refractivity contribution in [3.8, 4) is 16.9 Å². The molecule has 0 aliphatic carbocycles. The van der Waals surface area contributed by atoms with E-state index in [-0.39, 0.29) is 12.4 Å². The molecule has 1 unspecified atom stereocenters. The van der Waals surface area contributed by atoms with Gasteiger partial charge in [-0.1, -0.05) is 48.5 Å². The summed E-state index contributed by atoms with van der Waals surface area (Å²) in [6.07, 6.45) is 1.05. The van der Waals surface area contributed by atoms with Crippen LogP contribution < -0.4 is 4.74 Å². The van der Waals surface area contributed by atoms with E-state index in [9.17, 15) is 0 Å². The van der Waals surface area contributed by atoms with Gasteiger partial charge in [-0.05, 0) is 19.7 Å². The lowest BCUT2D eigenvalue weighted by Gasteiger charge is -2.32. The number of hydrogen-bond donors (Lipinski definition) is 0. The Labute approximate surface area is 126 Å². The maximum absolute atomic E-state index is 5.96. The van der Waals surface area contributed by atoms with Crippen molar-refractivity contribution in [3.05, 3.63) is 54.1 Å². The summed E-state index contributed by atoms with van der Waals surface area (Å²) in [6, 6.07) is 17.4. The zero-order valence-electron chi connectivity index (χ0n) is 11.9. The van der Waals surface area contributed by atoms with Gasteiger partial charge in [0.25, 0.3) is 0 Å². The number of para-hydroxylation sites is 1. The molecular weight excluding hydrogens is 270 g/mol. The molecule has 2 aromatic carbocycles. The zero-order chi connectivity index (χ0) is 13.2. The monoisotopic (exact) mass is 289 g/mol. The lowest BCUT2D eigenvalue weighted by atomic mass is 9.94. The van der Waals surface area contributed by atoms with Crippen molar-refractivity contribution in [1.29, 1.82) is 0 Å². The van der Waals surface area contributed by atoms with E-state index >= 15 is 0 Å². The van der Waals surface area contributed by atoms with Crippen molar-refractivity contribution in [1.82, 2.24) is 4.90 Å². The Morgan fingerprint density at radius 1 is 1.00 bits per heavy atom. The molecule has 1 atom stereocenters. The Kier molecular flexibility index (Phi) is 4.69. The van der Waals surface area contributed by atoms with Crippen LogP contribution in [-0.4, -0.2) is 25.6 Å². The molecule has 2 aromatic rings. The molecule has 1 aliphatic heterocycles. The highest BCUT2D eigenvalue weighted by atomic mass is 35.5. The molecule has 0 aromatic heterocycles. The predicted octanol–water partition coefficient (Wildman–Crippen LogP) is 4.16. The average Bonchev–Trinajstić information content (AvgIpc) is 2.46. The van der Waals surface area contributed by atoms with Crippen LogP contribution in [0.3, 0.4) is 0 Å². The number of nitrogens with zero attached hydrogens (tertiary/aromatic N) is 1. The van der Waals surface area contributed by atoms with Crippen LogP contribution >= 0.6 is 12.4 Å².